The first-order valence-electron chi connectivity index (χ1n) is 17.9. The number of para-hydroxylation sites is 3. The van der Waals surface area contributed by atoms with Crippen molar-refractivity contribution in [1.82, 2.24) is 4.57 Å². The molecule has 7 aromatic carbocycles. The van der Waals surface area contributed by atoms with Crippen LogP contribution >= 0.6 is 0 Å². The smallest absolute Gasteiger partial charge is 0.0677 e. The molecule has 8 aromatic rings. The molecule has 0 saturated carbocycles. The predicted octanol–water partition coefficient (Wildman–Crippen LogP) is 12.8. The molecule has 2 nitrogen and oxygen atoms in total. The average Bonchev–Trinajstić information content (AvgIpc) is 3.70. The van der Waals surface area contributed by atoms with Crippen molar-refractivity contribution < 1.29 is 0 Å². The van der Waals surface area contributed by atoms with Gasteiger partial charge >= 0.3 is 0 Å². The van der Waals surface area contributed by atoms with Crippen LogP contribution in [0.25, 0.3) is 38.6 Å². The molecule has 242 valence electrons. The Kier molecular flexibility index (Phi) is 6.89. The highest BCUT2D eigenvalue weighted by Gasteiger charge is 2.47. The minimum Gasteiger partial charge on any atom is -0.310 e. The van der Waals surface area contributed by atoms with Crippen molar-refractivity contribution in [3.05, 3.63) is 216 Å². The fraction of sp³-hybridized carbons (Fsp3) is 0.0612. The van der Waals surface area contributed by atoms with E-state index in [9.17, 15) is 0 Å². The summed E-state index contributed by atoms with van der Waals surface area (Å²) in [4.78, 5) is 2.43. The van der Waals surface area contributed by atoms with Crippen LogP contribution in [-0.4, -0.2) is 4.57 Å². The van der Waals surface area contributed by atoms with Crippen LogP contribution in [0.1, 0.15) is 29.5 Å². The zero-order chi connectivity index (χ0) is 33.8. The molecule has 1 aromatic heterocycles. The minimum atomic E-state index is -0.389. The lowest BCUT2D eigenvalue weighted by atomic mass is 9.65. The lowest BCUT2D eigenvalue weighted by molar-refractivity contribution is 0.693. The van der Waals surface area contributed by atoms with Crippen LogP contribution in [-0.2, 0) is 5.41 Å². The Balaban J connectivity index is 1.24. The van der Waals surface area contributed by atoms with Gasteiger partial charge < -0.3 is 9.47 Å². The van der Waals surface area contributed by atoms with Crippen LogP contribution in [0.5, 0.6) is 0 Å². The molecule has 1 atom stereocenters. The predicted molar refractivity (Wildman–Crippen MR) is 214 cm³/mol. The van der Waals surface area contributed by atoms with Crippen LogP contribution < -0.4 is 4.90 Å². The lowest BCUT2D eigenvalue weighted by Crippen LogP contribution is -2.30. The summed E-state index contributed by atoms with van der Waals surface area (Å²) >= 11 is 0. The fourth-order valence-corrected chi connectivity index (χ4v) is 8.83. The molecule has 0 spiro atoms. The van der Waals surface area contributed by atoms with Crippen molar-refractivity contribution in [2.75, 3.05) is 4.90 Å². The molecule has 0 amide bonds. The number of fused-ring (bicyclic) bond motifs is 6. The van der Waals surface area contributed by atoms with Crippen LogP contribution in [0.15, 0.2) is 200 Å². The molecule has 0 aliphatic heterocycles. The second-order valence-corrected chi connectivity index (χ2v) is 13.6. The maximum absolute atomic E-state index is 2.48. The quantitative estimate of drug-likeness (QED) is 0.174. The van der Waals surface area contributed by atoms with E-state index >= 15 is 0 Å². The standard InChI is InChI=1S/C49H36N2/c1-5-17-35(18-6-1)49(36-19-7-2-8-20-36)45-27-15-13-25-41(45)42-31-29-39(33-46(42)49)50(37-21-9-3-10-22-37)40-30-32-44-43-26-14-16-28-47(43)51(48(44)34-40)38-23-11-4-12-24-38/h1-7,9-19,21-34H,8,20H2. The monoisotopic (exact) mass is 652 g/mol. The van der Waals surface area contributed by atoms with Gasteiger partial charge in [-0.2, -0.15) is 0 Å². The summed E-state index contributed by atoms with van der Waals surface area (Å²) in [6.45, 7) is 0. The van der Waals surface area contributed by atoms with E-state index in [4.69, 9.17) is 0 Å². The Morgan fingerprint density at radius 2 is 1.14 bits per heavy atom. The van der Waals surface area contributed by atoms with Crippen molar-refractivity contribution >= 4 is 38.9 Å². The van der Waals surface area contributed by atoms with Gasteiger partial charge in [-0.15, -0.1) is 0 Å². The molecule has 0 fully saturated rings. The lowest BCUT2D eigenvalue weighted by Gasteiger charge is -2.37. The third kappa shape index (κ3) is 4.50. The molecular formula is C49H36N2. The summed E-state index contributed by atoms with van der Waals surface area (Å²) in [7, 11) is 0. The molecule has 2 aliphatic rings. The molecule has 10 rings (SSSR count). The minimum absolute atomic E-state index is 0.389. The maximum atomic E-state index is 2.48. The highest BCUT2D eigenvalue weighted by atomic mass is 15.1. The van der Waals surface area contributed by atoms with Gasteiger partial charge in [0.2, 0.25) is 0 Å². The Labute approximate surface area is 298 Å². The number of hydrogen-bond acceptors (Lipinski definition) is 1. The summed E-state index contributed by atoms with van der Waals surface area (Å²) in [5.41, 5.74) is 14.6. The first-order valence-corrected chi connectivity index (χ1v) is 17.9. The van der Waals surface area contributed by atoms with E-state index in [2.05, 4.69) is 204 Å². The first-order chi connectivity index (χ1) is 25.3. The molecule has 1 unspecified atom stereocenters. The molecule has 2 heteroatoms. The molecule has 2 aliphatic carbocycles. The van der Waals surface area contributed by atoms with E-state index in [1.807, 2.05) is 0 Å². The van der Waals surface area contributed by atoms with E-state index in [0.29, 0.717) is 0 Å². The molecular weight excluding hydrogens is 617 g/mol. The highest BCUT2D eigenvalue weighted by molar-refractivity contribution is 6.10. The zero-order valence-corrected chi connectivity index (χ0v) is 28.3. The van der Waals surface area contributed by atoms with Gasteiger partial charge in [0, 0.05) is 33.5 Å². The van der Waals surface area contributed by atoms with Crippen LogP contribution in [0.2, 0.25) is 0 Å². The average molecular weight is 653 g/mol. The van der Waals surface area contributed by atoms with Gasteiger partial charge in [-0.3, -0.25) is 0 Å². The molecule has 0 N–H and O–H groups in total. The molecule has 1 heterocycles. The van der Waals surface area contributed by atoms with Crippen LogP contribution in [0.3, 0.4) is 0 Å². The molecule has 51 heavy (non-hydrogen) atoms. The van der Waals surface area contributed by atoms with Gasteiger partial charge in [-0.25, -0.2) is 0 Å². The number of hydrogen-bond donors (Lipinski definition) is 0. The van der Waals surface area contributed by atoms with Crippen molar-refractivity contribution in [3.8, 4) is 16.8 Å². The van der Waals surface area contributed by atoms with Gasteiger partial charge in [-0.05, 0) is 95.3 Å². The largest absolute Gasteiger partial charge is 0.310 e. The first kappa shape index (κ1) is 29.5. The van der Waals surface area contributed by atoms with Crippen molar-refractivity contribution in [3.63, 3.8) is 0 Å². The zero-order valence-electron chi connectivity index (χ0n) is 28.3. The molecule has 0 bridgehead atoms. The van der Waals surface area contributed by atoms with E-state index < -0.39 is 0 Å². The second kappa shape index (κ2) is 11.9. The van der Waals surface area contributed by atoms with Gasteiger partial charge in [0.15, 0.2) is 0 Å². The molecule has 0 saturated heterocycles. The number of rotatable bonds is 6. The van der Waals surface area contributed by atoms with Crippen LogP contribution in [0.4, 0.5) is 17.1 Å². The second-order valence-electron chi connectivity index (χ2n) is 13.6. The third-order valence-corrected chi connectivity index (χ3v) is 10.9. The fourth-order valence-electron chi connectivity index (χ4n) is 8.83. The van der Waals surface area contributed by atoms with Gasteiger partial charge in [0.05, 0.1) is 16.4 Å². The summed E-state index contributed by atoms with van der Waals surface area (Å²) in [6.07, 6.45) is 8.99. The Morgan fingerprint density at radius 3 is 1.94 bits per heavy atom. The van der Waals surface area contributed by atoms with E-state index in [1.165, 1.54) is 55.2 Å². The van der Waals surface area contributed by atoms with Gasteiger partial charge in [-0.1, -0.05) is 145 Å². The number of anilines is 3. The number of aromatic nitrogens is 1. The van der Waals surface area contributed by atoms with Crippen molar-refractivity contribution in [2.45, 2.75) is 18.3 Å². The summed E-state index contributed by atoms with van der Waals surface area (Å²) in [5.74, 6) is 0. The van der Waals surface area contributed by atoms with Crippen LogP contribution in [0, 0.1) is 0 Å². The third-order valence-electron chi connectivity index (χ3n) is 10.9. The SMILES string of the molecule is C1=CCCC(C2(c3ccccc3)c3ccccc3-c3ccc(N(c4ccccc4)c4ccc5c6ccccc6n(-c6ccccc6)c5c4)cc32)=C1. The summed E-state index contributed by atoms with van der Waals surface area (Å²) < 4.78 is 2.40. The van der Waals surface area contributed by atoms with E-state index in [1.54, 1.807) is 0 Å². The summed E-state index contributed by atoms with van der Waals surface area (Å²) in [5, 5.41) is 2.50. The summed E-state index contributed by atoms with van der Waals surface area (Å²) in [6, 6.07) is 64.6. The number of benzene rings is 7. The topological polar surface area (TPSA) is 8.17 Å². The highest BCUT2D eigenvalue weighted by Crippen LogP contribution is 2.58. The Hall–Kier alpha value is -6.38. The van der Waals surface area contributed by atoms with Crippen molar-refractivity contribution in [1.29, 1.82) is 0 Å². The van der Waals surface area contributed by atoms with E-state index in [-0.39, 0.29) is 5.41 Å². The molecule has 0 radical (unpaired) electrons. The maximum Gasteiger partial charge on any atom is 0.0677 e. The van der Waals surface area contributed by atoms with Gasteiger partial charge in [0.25, 0.3) is 0 Å². The number of nitrogens with zero attached hydrogens (tertiary/aromatic N) is 2. The number of allylic oxidation sites excluding steroid dienone is 4. The Morgan fingerprint density at radius 1 is 0.490 bits per heavy atom. The van der Waals surface area contributed by atoms with Gasteiger partial charge in [0.1, 0.15) is 0 Å². The Bertz CT molecular complexity index is 2630. The normalized spacial score (nSPS) is 16.2. The van der Waals surface area contributed by atoms with E-state index in [0.717, 1.165) is 35.6 Å². The van der Waals surface area contributed by atoms with Crippen molar-refractivity contribution in [2.24, 2.45) is 0 Å².